The summed E-state index contributed by atoms with van der Waals surface area (Å²) in [6, 6.07) is 13.9. The van der Waals surface area contributed by atoms with Crippen molar-refractivity contribution in [3.05, 3.63) is 86.8 Å². The molecule has 0 aliphatic carbocycles. The van der Waals surface area contributed by atoms with Gasteiger partial charge in [0.1, 0.15) is 5.00 Å². The van der Waals surface area contributed by atoms with Crippen LogP contribution < -0.4 is 10.6 Å². The maximum absolute atomic E-state index is 12.9. The molecule has 3 rings (SSSR count). The van der Waals surface area contributed by atoms with E-state index in [1.807, 2.05) is 30.5 Å². The van der Waals surface area contributed by atoms with Crippen molar-refractivity contribution in [1.82, 2.24) is 5.32 Å². The van der Waals surface area contributed by atoms with E-state index < -0.39 is 0 Å². The summed E-state index contributed by atoms with van der Waals surface area (Å²) in [6.07, 6.45) is 1.51. The number of aliphatic hydroxyl groups excluding tert-OH is 1. The average Bonchev–Trinajstić information content (AvgIpc) is 3.19. The molecule has 3 aromatic rings. The molecule has 0 atom stereocenters. The third kappa shape index (κ3) is 7.19. The normalized spacial score (nSPS) is 10.8. The van der Waals surface area contributed by atoms with Crippen LogP contribution in [0.2, 0.25) is 0 Å². The van der Waals surface area contributed by atoms with Crippen LogP contribution in [0.1, 0.15) is 55.0 Å². The zero-order chi connectivity index (χ0) is 24.5. The number of hydrogen-bond acceptors (Lipinski definition) is 5. The number of aliphatic hydroxyl groups is 1. The van der Waals surface area contributed by atoms with Crippen molar-refractivity contribution in [2.75, 3.05) is 24.2 Å². The van der Waals surface area contributed by atoms with Crippen molar-refractivity contribution in [1.29, 1.82) is 0 Å². The van der Waals surface area contributed by atoms with Crippen LogP contribution in [0.25, 0.3) is 0 Å². The number of hydrogen-bond donors (Lipinski definition) is 3. The minimum atomic E-state index is -0.228. The fraction of sp³-hybridized carbons (Fsp3) is 0.333. The molecule has 0 bridgehead atoms. The lowest BCUT2D eigenvalue weighted by molar-refractivity contribution is 0.0955. The zero-order valence-corrected chi connectivity index (χ0v) is 21.6. The van der Waals surface area contributed by atoms with E-state index in [9.17, 15) is 9.59 Å². The van der Waals surface area contributed by atoms with Gasteiger partial charge in [0.2, 0.25) is 0 Å². The highest BCUT2D eigenvalue weighted by Gasteiger charge is 2.19. The zero-order valence-electron chi connectivity index (χ0n) is 19.9. The molecule has 1 heterocycles. The number of benzene rings is 2. The number of thiophene rings is 1. The Morgan fingerprint density at radius 2 is 1.79 bits per heavy atom. The molecule has 0 unspecified atom stereocenters. The summed E-state index contributed by atoms with van der Waals surface area (Å²) in [5, 5.41) is 17.3. The molecule has 0 aliphatic heterocycles. The Morgan fingerprint density at radius 3 is 2.56 bits per heavy atom. The SMILES string of the molecule is Cc1ccc(CCNC(=O)c2c(C)csc2NC(=O)c2cccc(CSCCCO)c2)cc1C. The largest absolute Gasteiger partial charge is 0.396 e. The molecule has 0 spiro atoms. The number of carbonyl (C=O) groups excluding carboxylic acids is 2. The van der Waals surface area contributed by atoms with Gasteiger partial charge in [0, 0.05) is 24.5 Å². The molecule has 1 aromatic heterocycles. The monoisotopic (exact) mass is 496 g/mol. The van der Waals surface area contributed by atoms with Gasteiger partial charge in [-0.15, -0.1) is 11.3 Å². The van der Waals surface area contributed by atoms with Gasteiger partial charge in [-0.2, -0.15) is 11.8 Å². The summed E-state index contributed by atoms with van der Waals surface area (Å²) >= 11 is 3.09. The molecule has 2 amide bonds. The van der Waals surface area contributed by atoms with Crippen molar-refractivity contribution < 1.29 is 14.7 Å². The highest BCUT2D eigenvalue weighted by Crippen LogP contribution is 2.28. The second kappa shape index (κ2) is 12.7. The van der Waals surface area contributed by atoms with Crippen LogP contribution >= 0.6 is 23.1 Å². The minimum absolute atomic E-state index is 0.174. The smallest absolute Gasteiger partial charge is 0.256 e. The molecule has 0 radical (unpaired) electrons. The van der Waals surface area contributed by atoms with Crippen LogP contribution in [0.15, 0.2) is 47.8 Å². The van der Waals surface area contributed by atoms with E-state index in [4.69, 9.17) is 5.11 Å². The minimum Gasteiger partial charge on any atom is -0.396 e. The predicted octanol–water partition coefficient (Wildman–Crippen LogP) is 5.51. The summed E-state index contributed by atoms with van der Waals surface area (Å²) in [4.78, 5) is 25.8. The lowest BCUT2D eigenvalue weighted by atomic mass is 10.0. The third-order valence-corrected chi connectivity index (χ3v) is 7.73. The summed E-state index contributed by atoms with van der Waals surface area (Å²) in [6.45, 7) is 6.78. The van der Waals surface area contributed by atoms with Crippen LogP contribution in [0.5, 0.6) is 0 Å². The van der Waals surface area contributed by atoms with Gasteiger partial charge in [-0.05, 0) is 84.7 Å². The molecule has 7 heteroatoms. The Labute approximate surface area is 210 Å². The first-order chi connectivity index (χ1) is 16.4. The van der Waals surface area contributed by atoms with Crippen LogP contribution in [0.3, 0.4) is 0 Å². The Bertz CT molecular complexity index is 1140. The number of aryl methyl sites for hydroxylation is 3. The van der Waals surface area contributed by atoms with Crippen molar-refractivity contribution in [2.24, 2.45) is 0 Å². The number of nitrogens with one attached hydrogen (secondary N) is 2. The van der Waals surface area contributed by atoms with E-state index >= 15 is 0 Å². The maximum Gasteiger partial charge on any atom is 0.256 e. The molecule has 180 valence electrons. The van der Waals surface area contributed by atoms with Gasteiger partial charge in [-0.1, -0.05) is 30.3 Å². The van der Waals surface area contributed by atoms with Crippen molar-refractivity contribution in [2.45, 2.75) is 39.4 Å². The number of rotatable bonds is 11. The molecule has 0 fully saturated rings. The summed E-state index contributed by atoms with van der Waals surface area (Å²) in [7, 11) is 0. The van der Waals surface area contributed by atoms with Crippen LogP contribution in [0.4, 0.5) is 5.00 Å². The van der Waals surface area contributed by atoms with Gasteiger partial charge < -0.3 is 15.7 Å². The average molecular weight is 497 g/mol. The van der Waals surface area contributed by atoms with E-state index in [-0.39, 0.29) is 18.4 Å². The molecule has 5 nitrogen and oxygen atoms in total. The summed E-state index contributed by atoms with van der Waals surface area (Å²) in [5.74, 6) is 1.26. The van der Waals surface area contributed by atoms with Crippen LogP contribution in [-0.4, -0.2) is 35.8 Å². The molecular weight excluding hydrogens is 464 g/mol. The first-order valence-electron chi connectivity index (χ1n) is 11.4. The van der Waals surface area contributed by atoms with E-state index in [1.54, 1.807) is 17.8 Å². The molecule has 0 aliphatic rings. The Balaban J connectivity index is 1.60. The third-order valence-electron chi connectivity index (χ3n) is 5.60. The van der Waals surface area contributed by atoms with E-state index in [2.05, 4.69) is 42.7 Å². The van der Waals surface area contributed by atoms with E-state index in [0.29, 0.717) is 22.7 Å². The van der Waals surface area contributed by atoms with Crippen LogP contribution in [-0.2, 0) is 12.2 Å². The second-order valence-corrected chi connectivity index (χ2v) is 10.3. The van der Waals surface area contributed by atoms with Gasteiger partial charge in [-0.25, -0.2) is 0 Å². The van der Waals surface area contributed by atoms with Crippen molar-refractivity contribution in [3.8, 4) is 0 Å². The first-order valence-corrected chi connectivity index (χ1v) is 13.4. The fourth-order valence-electron chi connectivity index (χ4n) is 3.52. The second-order valence-electron chi connectivity index (χ2n) is 8.33. The Morgan fingerprint density at radius 1 is 0.971 bits per heavy atom. The quantitative estimate of drug-likeness (QED) is 0.306. The molecule has 0 saturated carbocycles. The van der Waals surface area contributed by atoms with Gasteiger partial charge in [0.25, 0.3) is 11.8 Å². The van der Waals surface area contributed by atoms with E-state index in [0.717, 1.165) is 35.5 Å². The number of anilines is 1. The topological polar surface area (TPSA) is 78.4 Å². The maximum atomic E-state index is 12.9. The van der Waals surface area contributed by atoms with Gasteiger partial charge in [-0.3, -0.25) is 9.59 Å². The number of amides is 2. The van der Waals surface area contributed by atoms with Crippen molar-refractivity contribution in [3.63, 3.8) is 0 Å². The van der Waals surface area contributed by atoms with E-state index in [1.165, 1.54) is 28.0 Å². The van der Waals surface area contributed by atoms with Gasteiger partial charge >= 0.3 is 0 Å². The molecule has 0 saturated heterocycles. The Hall–Kier alpha value is -2.61. The van der Waals surface area contributed by atoms with Gasteiger partial charge in [0.15, 0.2) is 0 Å². The first kappa shape index (κ1) is 26.0. The Kier molecular flexibility index (Phi) is 9.74. The highest BCUT2D eigenvalue weighted by atomic mass is 32.2. The predicted molar refractivity (Wildman–Crippen MR) is 143 cm³/mol. The molecular formula is C27H32N2O3S2. The van der Waals surface area contributed by atoms with Crippen molar-refractivity contribution >= 4 is 39.9 Å². The standard InChI is InChI=1S/C27H32N2O3S2/c1-18-8-9-21(14-19(18)2)10-11-28-26(32)24-20(3)16-34-27(24)29-25(31)23-7-4-6-22(15-23)17-33-13-5-12-30/h4,6-9,14-16,30H,5,10-13,17H2,1-3H3,(H,28,32)(H,29,31). The number of thioether (sulfide) groups is 1. The molecule has 3 N–H and O–H groups in total. The fourth-order valence-corrected chi connectivity index (χ4v) is 5.35. The summed E-state index contributed by atoms with van der Waals surface area (Å²) in [5.41, 5.74) is 6.68. The lowest BCUT2D eigenvalue weighted by Gasteiger charge is -2.10. The van der Waals surface area contributed by atoms with Crippen LogP contribution in [0, 0.1) is 20.8 Å². The summed E-state index contributed by atoms with van der Waals surface area (Å²) < 4.78 is 0. The van der Waals surface area contributed by atoms with Gasteiger partial charge in [0.05, 0.1) is 5.56 Å². The number of carbonyl (C=O) groups is 2. The molecule has 2 aromatic carbocycles. The lowest BCUT2D eigenvalue weighted by Crippen LogP contribution is -2.27. The molecule has 34 heavy (non-hydrogen) atoms. The highest BCUT2D eigenvalue weighted by molar-refractivity contribution is 7.98.